The number of carbonyl (C=O) groups is 2. The van der Waals surface area contributed by atoms with Crippen molar-refractivity contribution in [2.24, 2.45) is 0 Å². The van der Waals surface area contributed by atoms with Gasteiger partial charge in [0.2, 0.25) is 11.8 Å². The van der Waals surface area contributed by atoms with Crippen molar-refractivity contribution in [2.75, 3.05) is 32.8 Å². The number of benzene rings is 2. The number of halogens is 1. The average molecular weight is 452 g/mol. The van der Waals surface area contributed by atoms with E-state index < -0.39 is 5.54 Å². The molecule has 0 spiro atoms. The highest BCUT2D eigenvalue weighted by atomic mass is 19.1. The summed E-state index contributed by atoms with van der Waals surface area (Å²) in [5, 5.41) is 6.28. The summed E-state index contributed by atoms with van der Waals surface area (Å²) in [6, 6.07) is 16.1. The first kappa shape index (κ1) is 23.1. The zero-order valence-corrected chi connectivity index (χ0v) is 18.7. The van der Waals surface area contributed by atoms with Gasteiger partial charge in [-0.15, -0.1) is 0 Å². The molecular formula is C26H30FN3O3. The molecule has 2 N–H and O–H groups in total. The predicted octanol–water partition coefficient (Wildman–Crippen LogP) is 2.90. The smallest absolute Gasteiger partial charge is 0.248 e. The Hall–Kier alpha value is -3.03. The van der Waals surface area contributed by atoms with Gasteiger partial charge in [-0.1, -0.05) is 48.5 Å². The minimum Gasteiger partial charge on any atom is -0.367 e. The Labute approximate surface area is 193 Å². The van der Waals surface area contributed by atoms with Crippen LogP contribution >= 0.6 is 0 Å². The molecule has 0 aliphatic carbocycles. The highest BCUT2D eigenvalue weighted by molar-refractivity contribution is 5.92. The predicted molar refractivity (Wildman–Crippen MR) is 125 cm³/mol. The molecule has 7 heteroatoms. The lowest BCUT2D eigenvalue weighted by molar-refractivity contribution is -0.144. The lowest BCUT2D eigenvalue weighted by Gasteiger charge is -2.41. The highest BCUT2D eigenvalue weighted by Crippen LogP contribution is 2.27. The molecule has 0 aromatic heterocycles. The number of carbonyl (C=O) groups excluding carboxylic acids is 2. The van der Waals surface area contributed by atoms with E-state index in [0.717, 1.165) is 16.7 Å². The van der Waals surface area contributed by atoms with E-state index in [9.17, 15) is 14.0 Å². The lowest BCUT2D eigenvalue weighted by atomic mass is 9.85. The van der Waals surface area contributed by atoms with Crippen molar-refractivity contribution in [2.45, 2.75) is 31.4 Å². The molecule has 2 aliphatic rings. The third-order valence-electron chi connectivity index (χ3n) is 6.30. The Kier molecular flexibility index (Phi) is 7.52. The number of ether oxygens (including phenoxy) is 1. The molecule has 2 aromatic carbocycles. The first-order valence-corrected chi connectivity index (χ1v) is 11.4. The van der Waals surface area contributed by atoms with E-state index in [1.165, 1.54) is 12.1 Å². The van der Waals surface area contributed by atoms with Gasteiger partial charge in [0, 0.05) is 13.1 Å². The molecule has 0 saturated carbocycles. The average Bonchev–Trinajstić information content (AvgIpc) is 2.85. The molecule has 174 valence electrons. The van der Waals surface area contributed by atoms with Crippen LogP contribution in [0.3, 0.4) is 0 Å². The summed E-state index contributed by atoms with van der Waals surface area (Å²) in [5.41, 5.74) is 2.16. The SMILES string of the molecule is O=C(COCc1ccccc1)NC1(C(=O)N2CC=C(c3ccc(F)cc3)CC2)CCNCC1. The largest absolute Gasteiger partial charge is 0.367 e. The summed E-state index contributed by atoms with van der Waals surface area (Å²) >= 11 is 0. The number of nitrogens with one attached hydrogen (secondary N) is 2. The molecule has 2 aromatic rings. The van der Waals surface area contributed by atoms with Gasteiger partial charge in [-0.25, -0.2) is 4.39 Å². The maximum Gasteiger partial charge on any atom is 0.248 e. The van der Waals surface area contributed by atoms with E-state index in [0.29, 0.717) is 52.0 Å². The Bertz CT molecular complexity index is 986. The van der Waals surface area contributed by atoms with E-state index >= 15 is 0 Å². The minimum atomic E-state index is -0.917. The minimum absolute atomic E-state index is 0.0465. The van der Waals surface area contributed by atoms with Gasteiger partial charge in [0.05, 0.1) is 6.61 Å². The topological polar surface area (TPSA) is 70.7 Å². The molecule has 1 fully saturated rings. The Morgan fingerprint density at radius 1 is 1.06 bits per heavy atom. The van der Waals surface area contributed by atoms with Crippen LogP contribution < -0.4 is 10.6 Å². The molecule has 0 atom stereocenters. The molecule has 0 bridgehead atoms. The molecule has 2 aliphatic heterocycles. The Balaban J connectivity index is 1.37. The fourth-order valence-electron chi connectivity index (χ4n) is 4.47. The zero-order valence-electron chi connectivity index (χ0n) is 18.7. The van der Waals surface area contributed by atoms with Gasteiger partial charge in [0.25, 0.3) is 0 Å². The highest BCUT2D eigenvalue weighted by Gasteiger charge is 2.43. The van der Waals surface area contributed by atoms with Gasteiger partial charge in [0.1, 0.15) is 18.0 Å². The number of rotatable bonds is 7. The Morgan fingerprint density at radius 3 is 2.45 bits per heavy atom. The van der Waals surface area contributed by atoms with E-state index in [1.54, 1.807) is 12.1 Å². The van der Waals surface area contributed by atoms with Crippen LogP contribution in [0.1, 0.15) is 30.4 Å². The first-order chi connectivity index (χ1) is 16.1. The number of hydrogen-bond acceptors (Lipinski definition) is 4. The lowest BCUT2D eigenvalue weighted by Crippen LogP contribution is -2.64. The van der Waals surface area contributed by atoms with Crippen LogP contribution in [0, 0.1) is 5.82 Å². The first-order valence-electron chi connectivity index (χ1n) is 11.4. The standard InChI is InChI=1S/C26H30FN3O3/c27-23-8-6-21(7-9-23)22-10-16-30(17-11-22)25(32)26(12-14-28-15-13-26)29-24(31)19-33-18-20-4-2-1-3-5-20/h1-10,28H,11-19H2,(H,29,31). The molecule has 33 heavy (non-hydrogen) atoms. The van der Waals surface area contributed by atoms with Gasteiger partial charge in [-0.3, -0.25) is 9.59 Å². The molecule has 0 radical (unpaired) electrons. The molecule has 2 heterocycles. The third-order valence-corrected chi connectivity index (χ3v) is 6.30. The summed E-state index contributed by atoms with van der Waals surface area (Å²) in [4.78, 5) is 28.1. The van der Waals surface area contributed by atoms with Crippen LogP contribution in [0.5, 0.6) is 0 Å². The van der Waals surface area contributed by atoms with Crippen molar-refractivity contribution >= 4 is 17.4 Å². The summed E-state index contributed by atoms with van der Waals surface area (Å²) in [7, 11) is 0. The molecule has 4 rings (SSSR count). The van der Waals surface area contributed by atoms with E-state index in [-0.39, 0.29) is 24.2 Å². The quantitative estimate of drug-likeness (QED) is 0.679. The monoisotopic (exact) mass is 451 g/mol. The fourth-order valence-corrected chi connectivity index (χ4v) is 4.47. The van der Waals surface area contributed by atoms with E-state index in [4.69, 9.17) is 4.74 Å². The van der Waals surface area contributed by atoms with Crippen molar-refractivity contribution in [3.63, 3.8) is 0 Å². The van der Waals surface area contributed by atoms with Crippen molar-refractivity contribution < 1.29 is 18.7 Å². The second-order valence-electron chi connectivity index (χ2n) is 8.60. The van der Waals surface area contributed by atoms with Crippen LogP contribution in [-0.4, -0.2) is 55.0 Å². The molecule has 2 amide bonds. The van der Waals surface area contributed by atoms with Gasteiger partial charge >= 0.3 is 0 Å². The van der Waals surface area contributed by atoms with Crippen LogP contribution in [0.15, 0.2) is 60.7 Å². The van der Waals surface area contributed by atoms with E-state index in [1.807, 2.05) is 41.3 Å². The van der Waals surface area contributed by atoms with Crippen molar-refractivity contribution in [3.05, 3.63) is 77.6 Å². The number of hydrogen-bond donors (Lipinski definition) is 2. The van der Waals surface area contributed by atoms with Gasteiger partial charge in [-0.2, -0.15) is 0 Å². The van der Waals surface area contributed by atoms with Crippen LogP contribution in [0.25, 0.3) is 5.57 Å². The Morgan fingerprint density at radius 2 is 1.79 bits per heavy atom. The number of amides is 2. The fraction of sp³-hybridized carbons (Fsp3) is 0.385. The number of nitrogens with zero attached hydrogens (tertiary/aromatic N) is 1. The van der Waals surface area contributed by atoms with Gasteiger partial charge in [-0.05, 0) is 61.2 Å². The maximum atomic E-state index is 13.6. The third kappa shape index (κ3) is 5.86. The van der Waals surface area contributed by atoms with Crippen molar-refractivity contribution in [1.29, 1.82) is 0 Å². The van der Waals surface area contributed by atoms with Crippen molar-refractivity contribution in [1.82, 2.24) is 15.5 Å². The van der Waals surface area contributed by atoms with Crippen LogP contribution in [0.2, 0.25) is 0 Å². The molecule has 1 saturated heterocycles. The van der Waals surface area contributed by atoms with E-state index in [2.05, 4.69) is 10.6 Å². The summed E-state index contributed by atoms with van der Waals surface area (Å²) in [6.45, 7) is 2.63. The van der Waals surface area contributed by atoms with Gasteiger partial charge < -0.3 is 20.3 Å². The molecular weight excluding hydrogens is 421 g/mol. The summed E-state index contributed by atoms with van der Waals surface area (Å²) < 4.78 is 18.8. The second kappa shape index (κ2) is 10.7. The maximum absolute atomic E-state index is 13.6. The normalized spacial score (nSPS) is 17.8. The van der Waals surface area contributed by atoms with Crippen molar-refractivity contribution in [3.8, 4) is 0 Å². The van der Waals surface area contributed by atoms with Gasteiger partial charge in [0.15, 0.2) is 0 Å². The number of piperidine rings is 1. The molecule has 6 nitrogen and oxygen atoms in total. The second-order valence-corrected chi connectivity index (χ2v) is 8.60. The summed E-state index contributed by atoms with van der Waals surface area (Å²) in [5.74, 6) is -0.584. The molecule has 0 unspecified atom stereocenters. The summed E-state index contributed by atoms with van der Waals surface area (Å²) in [6.07, 6.45) is 3.80. The van der Waals surface area contributed by atoms with Crippen LogP contribution in [-0.2, 0) is 20.9 Å². The zero-order chi connectivity index (χ0) is 23.1. The van der Waals surface area contributed by atoms with Crippen LogP contribution in [0.4, 0.5) is 4.39 Å².